The number of hydrogen-bond donors (Lipinski definition) is 1. The fraction of sp³-hybridized carbons (Fsp3) is 0.286. The van der Waals surface area contributed by atoms with Crippen LogP contribution in [0.4, 0.5) is 0 Å². The van der Waals surface area contributed by atoms with E-state index in [1.54, 1.807) is 12.1 Å². The lowest BCUT2D eigenvalue weighted by atomic mass is 10.1. The van der Waals surface area contributed by atoms with Crippen molar-refractivity contribution >= 4 is 17.6 Å². The molecule has 7 heteroatoms. The van der Waals surface area contributed by atoms with Crippen molar-refractivity contribution < 1.29 is 23.9 Å². The molecule has 0 saturated carbocycles. The number of nitrogens with zero attached hydrogens (tertiary/aromatic N) is 1. The van der Waals surface area contributed by atoms with E-state index in [4.69, 9.17) is 30.7 Å². The van der Waals surface area contributed by atoms with Crippen LogP contribution in [0.5, 0.6) is 11.5 Å². The molecule has 0 unspecified atom stereocenters. The second-order valence-electron chi connectivity index (χ2n) is 4.53. The van der Waals surface area contributed by atoms with Crippen LogP contribution in [0.1, 0.15) is 24.4 Å². The Labute approximate surface area is 126 Å². The van der Waals surface area contributed by atoms with E-state index >= 15 is 0 Å². The highest BCUT2D eigenvalue weighted by Crippen LogP contribution is 2.38. The highest BCUT2D eigenvalue weighted by atomic mass is 35.5. The van der Waals surface area contributed by atoms with Crippen LogP contribution in [0.2, 0.25) is 5.02 Å². The summed E-state index contributed by atoms with van der Waals surface area (Å²) in [5, 5.41) is 12.9. The molecule has 1 aromatic carbocycles. The van der Waals surface area contributed by atoms with Crippen LogP contribution in [0.25, 0.3) is 11.3 Å². The average molecular weight is 312 g/mol. The first-order chi connectivity index (χ1) is 9.92. The lowest BCUT2D eigenvalue weighted by molar-refractivity contribution is 0.0652. The van der Waals surface area contributed by atoms with Gasteiger partial charge in [-0.15, -0.1) is 0 Å². The molecule has 6 nitrogen and oxygen atoms in total. The quantitative estimate of drug-likeness (QED) is 0.910. The number of ether oxygens (including phenoxy) is 2. The zero-order valence-electron chi connectivity index (χ0n) is 11.7. The largest absolute Gasteiger partial charge is 0.493 e. The normalized spacial score (nSPS) is 10.7. The number of halogens is 1. The predicted molar refractivity (Wildman–Crippen MR) is 76.2 cm³/mol. The van der Waals surface area contributed by atoms with E-state index in [0.717, 1.165) is 0 Å². The summed E-state index contributed by atoms with van der Waals surface area (Å²) >= 11 is 6.20. The van der Waals surface area contributed by atoms with Gasteiger partial charge < -0.3 is 19.1 Å². The number of aromatic carboxylic acids is 1. The van der Waals surface area contributed by atoms with Crippen LogP contribution < -0.4 is 9.47 Å². The highest BCUT2D eigenvalue weighted by molar-refractivity contribution is 6.33. The summed E-state index contributed by atoms with van der Waals surface area (Å²) in [7, 11) is 1.51. The van der Waals surface area contributed by atoms with Gasteiger partial charge in [-0.1, -0.05) is 16.8 Å². The van der Waals surface area contributed by atoms with Gasteiger partial charge in [0, 0.05) is 17.7 Å². The molecule has 2 rings (SSSR count). The number of rotatable bonds is 5. The van der Waals surface area contributed by atoms with Crippen molar-refractivity contribution in [2.45, 2.75) is 20.0 Å². The van der Waals surface area contributed by atoms with Crippen LogP contribution in [-0.4, -0.2) is 29.4 Å². The lowest BCUT2D eigenvalue weighted by Crippen LogP contribution is -2.06. The number of carboxylic acids is 1. The molecule has 0 fully saturated rings. The molecule has 0 bridgehead atoms. The first-order valence-electron chi connectivity index (χ1n) is 6.17. The molecule has 0 aliphatic rings. The van der Waals surface area contributed by atoms with Gasteiger partial charge in [-0.2, -0.15) is 0 Å². The van der Waals surface area contributed by atoms with Crippen molar-refractivity contribution in [3.8, 4) is 22.8 Å². The Hall–Kier alpha value is -2.21. The van der Waals surface area contributed by atoms with Gasteiger partial charge in [-0.3, -0.25) is 0 Å². The number of carbonyl (C=O) groups is 1. The van der Waals surface area contributed by atoms with Crippen LogP contribution >= 0.6 is 11.6 Å². The summed E-state index contributed by atoms with van der Waals surface area (Å²) in [4.78, 5) is 10.8. The first-order valence-corrected chi connectivity index (χ1v) is 6.54. The second-order valence-corrected chi connectivity index (χ2v) is 4.94. The Morgan fingerprint density at radius 3 is 2.57 bits per heavy atom. The maximum atomic E-state index is 10.8. The van der Waals surface area contributed by atoms with Crippen molar-refractivity contribution in [1.82, 2.24) is 5.16 Å². The summed E-state index contributed by atoms with van der Waals surface area (Å²) in [6.45, 7) is 3.77. The molecule has 0 atom stereocenters. The van der Waals surface area contributed by atoms with Gasteiger partial charge >= 0.3 is 5.97 Å². The maximum absolute atomic E-state index is 10.8. The Kier molecular flexibility index (Phi) is 4.37. The molecule has 0 aliphatic carbocycles. The van der Waals surface area contributed by atoms with Gasteiger partial charge in [0.05, 0.1) is 18.2 Å². The molecule has 1 aromatic heterocycles. The van der Waals surface area contributed by atoms with Crippen molar-refractivity contribution in [3.05, 3.63) is 29.0 Å². The molecule has 112 valence electrons. The fourth-order valence-corrected chi connectivity index (χ4v) is 1.99. The predicted octanol–water partition coefficient (Wildman–Crippen LogP) is 3.49. The molecule has 1 heterocycles. The lowest BCUT2D eigenvalue weighted by Gasteiger charge is -2.15. The third-order valence-corrected chi connectivity index (χ3v) is 2.93. The van der Waals surface area contributed by atoms with Crippen molar-refractivity contribution in [1.29, 1.82) is 0 Å². The zero-order chi connectivity index (χ0) is 15.6. The Bertz CT molecular complexity index is 665. The summed E-state index contributed by atoms with van der Waals surface area (Å²) in [6, 6.07) is 4.53. The summed E-state index contributed by atoms with van der Waals surface area (Å²) in [6.07, 6.45) is -0.0357. The minimum atomic E-state index is -1.20. The minimum Gasteiger partial charge on any atom is -0.493 e. The fourth-order valence-electron chi connectivity index (χ4n) is 1.74. The van der Waals surface area contributed by atoms with E-state index in [-0.39, 0.29) is 11.9 Å². The van der Waals surface area contributed by atoms with E-state index in [9.17, 15) is 4.79 Å². The molecule has 0 spiro atoms. The number of methoxy groups -OCH3 is 1. The van der Waals surface area contributed by atoms with Gasteiger partial charge in [-0.05, 0) is 19.9 Å². The monoisotopic (exact) mass is 311 g/mol. The van der Waals surface area contributed by atoms with Crippen molar-refractivity contribution in [2.24, 2.45) is 0 Å². The number of benzene rings is 1. The molecule has 0 aliphatic heterocycles. The second kappa shape index (κ2) is 6.05. The van der Waals surface area contributed by atoms with E-state index in [1.165, 1.54) is 13.2 Å². The first kappa shape index (κ1) is 15.2. The third kappa shape index (κ3) is 3.28. The third-order valence-electron chi connectivity index (χ3n) is 2.61. The molecule has 0 radical (unpaired) electrons. The number of carboxylic acid groups (broad SMARTS) is 1. The zero-order valence-corrected chi connectivity index (χ0v) is 12.5. The molecule has 0 amide bonds. The van der Waals surface area contributed by atoms with Crippen molar-refractivity contribution in [2.75, 3.05) is 7.11 Å². The van der Waals surface area contributed by atoms with Crippen LogP contribution in [0, 0.1) is 0 Å². The molecule has 2 aromatic rings. The Balaban J connectivity index is 2.46. The van der Waals surface area contributed by atoms with Crippen LogP contribution in [0.3, 0.4) is 0 Å². The number of aromatic nitrogens is 1. The van der Waals surface area contributed by atoms with Gasteiger partial charge in [0.15, 0.2) is 11.5 Å². The SMILES string of the molecule is COc1cc(-c2cc(C(=O)O)on2)c(Cl)cc1OC(C)C. The molecule has 0 saturated heterocycles. The van der Waals surface area contributed by atoms with Gasteiger partial charge in [0.2, 0.25) is 5.76 Å². The van der Waals surface area contributed by atoms with E-state index in [1.807, 2.05) is 13.8 Å². The van der Waals surface area contributed by atoms with E-state index in [2.05, 4.69) is 5.16 Å². The van der Waals surface area contributed by atoms with Gasteiger partial charge in [-0.25, -0.2) is 4.79 Å². The van der Waals surface area contributed by atoms with Crippen LogP contribution in [-0.2, 0) is 0 Å². The smallest absolute Gasteiger partial charge is 0.374 e. The molecular formula is C14H14ClNO5. The Morgan fingerprint density at radius 1 is 1.33 bits per heavy atom. The molecule has 21 heavy (non-hydrogen) atoms. The topological polar surface area (TPSA) is 81.8 Å². The maximum Gasteiger partial charge on any atom is 0.374 e. The standard InChI is InChI=1S/C14H14ClNO5/c1-7(2)20-12-5-9(15)8(4-11(12)19-3)10-6-13(14(17)18)21-16-10/h4-7H,1-3H3,(H,17,18). The number of hydrogen-bond acceptors (Lipinski definition) is 5. The van der Waals surface area contributed by atoms with E-state index in [0.29, 0.717) is 27.8 Å². The average Bonchev–Trinajstić information content (AvgIpc) is 2.88. The molecular weight excluding hydrogens is 298 g/mol. The summed E-state index contributed by atoms with van der Waals surface area (Å²) in [5.74, 6) is -0.481. The Morgan fingerprint density at radius 2 is 2.05 bits per heavy atom. The highest BCUT2D eigenvalue weighted by Gasteiger charge is 2.18. The van der Waals surface area contributed by atoms with Crippen LogP contribution in [0.15, 0.2) is 22.7 Å². The minimum absolute atomic E-state index is 0.0357. The van der Waals surface area contributed by atoms with Gasteiger partial charge in [0.1, 0.15) is 5.69 Å². The summed E-state index contributed by atoms with van der Waals surface area (Å²) < 4.78 is 15.6. The van der Waals surface area contributed by atoms with Gasteiger partial charge in [0.25, 0.3) is 0 Å². The summed E-state index contributed by atoms with van der Waals surface area (Å²) in [5.41, 5.74) is 0.813. The molecule has 1 N–H and O–H groups in total. The van der Waals surface area contributed by atoms with Crippen molar-refractivity contribution in [3.63, 3.8) is 0 Å². The van der Waals surface area contributed by atoms with E-state index < -0.39 is 5.97 Å².